The van der Waals surface area contributed by atoms with Crippen molar-refractivity contribution in [1.29, 1.82) is 0 Å². The summed E-state index contributed by atoms with van der Waals surface area (Å²) in [5.41, 5.74) is 5.13. The van der Waals surface area contributed by atoms with E-state index in [-0.39, 0.29) is 18.4 Å². The molecule has 0 spiro atoms. The summed E-state index contributed by atoms with van der Waals surface area (Å²) in [5, 5.41) is 2.82. The van der Waals surface area contributed by atoms with Crippen LogP contribution < -0.4 is 10.1 Å². The molecule has 0 aromatic heterocycles. The van der Waals surface area contributed by atoms with Gasteiger partial charge in [-0.1, -0.05) is 31.2 Å². The summed E-state index contributed by atoms with van der Waals surface area (Å²) in [6.07, 6.45) is 4.14. The number of carbonyl (C=O) groups is 2. The molecule has 0 radical (unpaired) electrons. The molecule has 5 heteroatoms. The van der Waals surface area contributed by atoms with Crippen LogP contribution in [0.2, 0.25) is 0 Å². The van der Waals surface area contributed by atoms with Gasteiger partial charge in [-0.25, -0.2) is 0 Å². The van der Waals surface area contributed by atoms with Crippen molar-refractivity contribution >= 4 is 23.6 Å². The van der Waals surface area contributed by atoms with Crippen LogP contribution in [0.25, 0.3) is 6.08 Å². The van der Waals surface area contributed by atoms with Crippen LogP contribution in [-0.4, -0.2) is 36.9 Å². The van der Waals surface area contributed by atoms with Gasteiger partial charge in [-0.15, -0.1) is 0 Å². The molecular weight excluding hydrogens is 364 g/mol. The highest BCUT2D eigenvalue weighted by molar-refractivity contribution is 5.98. The number of nitrogens with zero attached hydrogens (tertiary/aromatic N) is 1. The Hall–Kier alpha value is -3.08. The third-order valence-electron chi connectivity index (χ3n) is 4.81. The van der Waals surface area contributed by atoms with E-state index in [1.165, 1.54) is 11.1 Å². The molecule has 0 aliphatic heterocycles. The average molecular weight is 395 g/mol. The molecule has 154 valence electrons. The molecule has 2 aromatic rings. The molecule has 0 atom stereocenters. The standard InChI is InChI=1S/C24H30N2O3/c1-6-13-26(16-23(27)25-21-9-7-8-10-22(21)29-5)24(28)12-11-20-15-18(3)17(2)14-19(20)4/h7-12,14-15H,6,13,16H2,1-5H3,(H,25,27)/b12-11+. The fraction of sp³-hybridized carbons (Fsp3) is 0.333. The summed E-state index contributed by atoms with van der Waals surface area (Å²) in [6.45, 7) is 8.63. The van der Waals surface area contributed by atoms with E-state index in [0.29, 0.717) is 18.0 Å². The maximum Gasteiger partial charge on any atom is 0.247 e. The predicted octanol–water partition coefficient (Wildman–Crippen LogP) is 4.51. The van der Waals surface area contributed by atoms with Gasteiger partial charge in [0, 0.05) is 12.6 Å². The second-order valence-corrected chi connectivity index (χ2v) is 7.13. The molecule has 5 nitrogen and oxygen atoms in total. The maximum absolute atomic E-state index is 12.7. The van der Waals surface area contributed by atoms with Crippen molar-refractivity contribution in [2.75, 3.05) is 25.5 Å². The Morgan fingerprint density at radius 2 is 1.76 bits per heavy atom. The van der Waals surface area contributed by atoms with Gasteiger partial charge >= 0.3 is 0 Å². The Morgan fingerprint density at radius 1 is 1.07 bits per heavy atom. The Morgan fingerprint density at radius 3 is 2.45 bits per heavy atom. The predicted molar refractivity (Wildman–Crippen MR) is 118 cm³/mol. The van der Waals surface area contributed by atoms with E-state index in [2.05, 4.69) is 31.3 Å². The zero-order valence-corrected chi connectivity index (χ0v) is 17.9. The second-order valence-electron chi connectivity index (χ2n) is 7.13. The maximum atomic E-state index is 12.7. The summed E-state index contributed by atoms with van der Waals surface area (Å²) >= 11 is 0. The van der Waals surface area contributed by atoms with Crippen LogP contribution in [0.3, 0.4) is 0 Å². The number of methoxy groups -OCH3 is 1. The van der Waals surface area contributed by atoms with Gasteiger partial charge in [0.25, 0.3) is 0 Å². The van der Waals surface area contributed by atoms with Gasteiger partial charge in [0.1, 0.15) is 12.3 Å². The number of benzene rings is 2. The number of hydrogen-bond acceptors (Lipinski definition) is 3. The molecule has 2 amide bonds. The smallest absolute Gasteiger partial charge is 0.247 e. The molecule has 0 fully saturated rings. The molecule has 1 N–H and O–H groups in total. The normalized spacial score (nSPS) is 10.8. The molecule has 0 saturated heterocycles. The van der Waals surface area contributed by atoms with Crippen LogP contribution in [0, 0.1) is 20.8 Å². The molecule has 0 bridgehead atoms. The summed E-state index contributed by atoms with van der Waals surface area (Å²) in [6, 6.07) is 11.4. The number of hydrogen-bond donors (Lipinski definition) is 1. The van der Waals surface area contributed by atoms with Crippen LogP contribution in [-0.2, 0) is 9.59 Å². The van der Waals surface area contributed by atoms with E-state index in [1.54, 1.807) is 30.2 Å². The summed E-state index contributed by atoms with van der Waals surface area (Å²) in [4.78, 5) is 26.8. The van der Waals surface area contributed by atoms with E-state index in [1.807, 2.05) is 32.1 Å². The van der Waals surface area contributed by atoms with Gasteiger partial charge in [0.2, 0.25) is 11.8 Å². The SMILES string of the molecule is CCCN(CC(=O)Nc1ccccc1OC)C(=O)/C=C/c1cc(C)c(C)cc1C. The third kappa shape index (κ3) is 6.21. The zero-order chi connectivity index (χ0) is 21.4. The number of aryl methyl sites for hydroxylation is 3. The minimum Gasteiger partial charge on any atom is -0.495 e. The molecule has 0 aliphatic rings. The van der Waals surface area contributed by atoms with Crippen LogP contribution in [0.1, 0.15) is 35.6 Å². The Bertz CT molecular complexity index is 903. The highest BCUT2D eigenvalue weighted by Gasteiger charge is 2.15. The largest absolute Gasteiger partial charge is 0.495 e. The molecule has 0 heterocycles. The van der Waals surface area contributed by atoms with E-state index >= 15 is 0 Å². The van der Waals surface area contributed by atoms with Gasteiger partial charge in [-0.05, 0) is 67.7 Å². The Balaban J connectivity index is 2.09. The van der Waals surface area contributed by atoms with Crippen LogP contribution in [0.15, 0.2) is 42.5 Å². The van der Waals surface area contributed by atoms with Crippen molar-refractivity contribution in [3.05, 3.63) is 64.7 Å². The minimum absolute atomic E-state index is 0.0129. The van der Waals surface area contributed by atoms with Crippen molar-refractivity contribution in [3.63, 3.8) is 0 Å². The van der Waals surface area contributed by atoms with E-state index in [4.69, 9.17) is 4.74 Å². The van der Waals surface area contributed by atoms with Crippen LogP contribution in [0.5, 0.6) is 5.75 Å². The van der Waals surface area contributed by atoms with Crippen molar-refractivity contribution in [2.24, 2.45) is 0 Å². The Labute approximate surface area is 173 Å². The van der Waals surface area contributed by atoms with E-state index in [9.17, 15) is 9.59 Å². The lowest BCUT2D eigenvalue weighted by atomic mass is 10.0. The minimum atomic E-state index is -0.257. The highest BCUT2D eigenvalue weighted by atomic mass is 16.5. The molecular formula is C24H30N2O3. The molecule has 0 aliphatic carbocycles. The molecule has 2 rings (SSSR count). The lowest BCUT2D eigenvalue weighted by molar-refractivity contribution is -0.130. The summed E-state index contributed by atoms with van der Waals surface area (Å²) < 4.78 is 5.26. The first-order valence-electron chi connectivity index (χ1n) is 9.83. The lowest BCUT2D eigenvalue weighted by Gasteiger charge is -2.20. The number of ether oxygens (including phenoxy) is 1. The fourth-order valence-electron chi connectivity index (χ4n) is 3.08. The topological polar surface area (TPSA) is 58.6 Å². The van der Waals surface area contributed by atoms with Crippen LogP contribution >= 0.6 is 0 Å². The van der Waals surface area contributed by atoms with Gasteiger partial charge in [0.15, 0.2) is 0 Å². The molecule has 2 aromatic carbocycles. The Kier molecular flexibility index (Phi) is 8.01. The highest BCUT2D eigenvalue weighted by Crippen LogP contribution is 2.23. The first kappa shape index (κ1) is 22.2. The number of amides is 2. The second kappa shape index (κ2) is 10.5. The summed E-state index contributed by atoms with van der Waals surface area (Å²) in [5.74, 6) is 0.144. The number of nitrogens with one attached hydrogen (secondary N) is 1. The number of para-hydroxylation sites is 2. The first-order chi connectivity index (χ1) is 13.8. The van der Waals surface area contributed by atoms with Gasteiger partial charge < -0.3 is 15.0 Å². The number of rotatable bonds is 8. The average Bonchev–Trinajstić information content (AvgIpc) is 2.69. The zero-order valence-electron chi connectivity index (χ0n) is 17.9. The van der Waals surface area contributed by atoms with E-state index < -0.39 is 0 Å². The third-order valence-corrected chi connectivity index (χ3v) is 4.81. The number of anilines is 1. The molecule has 29 heavy (non-hydrogen) atoms. The first-order valence-corrected chi connectivity index (χ1v) is 9.83. The van der Waals surface area contributed by atoms with Crippen molar-refractivity contribution in [3.8, 4) is 5.75 Å². The molecule has 0 saturated carbocycles. The van der Waals surface area contributed by atoms with Gasteiger partial charge in [-0.2, -0.15) is 0 Å². The van der Waals surface area contributed by atoms with Gasteiger partial charge in [-0.3, -0.25) is 9.59 Å². The van der Waals surface area contributed by atoms with Gasteiger partial charge in [0.05, 0.1) is 12.8 Å². The fourth-order valence-corrected chi connectivity index (χ4v) is 3.08. The van der Waals surface area contributed by atoms with E-state index in [0.717, 1.165) is 17.5 Å². The molecule has 0 unspecified atom stereocenters. The van der Waals surface area contributed by atoms with Crippen molar-refractivity contribution < 1.29 is 14.3 Å². The summed E-state index contributed by atoms with van der Waals surface area (Å²) in [7, 11) is 1.55. The lowest BCUT2D eigenvalue weighted by Crippen LogP contribution is -2.37. The quantitative estimate of drug-likeness (QED) is 0.670. The van der Waals surface area contributed by atoms with Crippen LogP contribution in [0.4, 0.5) is 5.69 Å². The number of carbonyl (C=O) groups excluding carboxylic acids is 2. The van der Waals surface area contributed by atoms with Crippen molar-refractivity contribution in [2.45, 2.75) is 34.1 Å². The monoisotopic (exact) mass is 394 g/mol. The van der Waals surface area contributed by atoms with Crippen molar-refractivity contribution in [1.82, 2.24) is 4.90 Å².